The lowest BCUT2D eigenvalue weighted by molar-refractivity contribution is -0.137. The van der Waals surface area contributed by atoms with Gasteiger partial charge in [-0.2, -0.15) is 5.10 Å². The van der Waals surface area contributed by atoms with E-state index in [0.717, 1.165) is 47.2 Å². The summed E-state index contributed by atoms with van der Waals surface area (Å²) in [7, 11) is 1.83. The molecule has 7 rings (SSSR count). The number of aromatic amines is 1. The van der Waals surface area contributed by atoms with Crippen molar-refractivity contribution in [2.24, 2.45) is 0 Å². The standard InChI is InChI=1S/C35H32ClFN6O2/c1-38-19-29-26-17-23(11-13-25(26)33(44)42-41-29)35(14-15-35)34(45)43(30-9-2-5-21-6-4-16-39-32(21)30)20-24-12-10-22(18-40-24)31-27(36)7-3-8-28(31)37/h3-4,6-8,10-13,16-18,30,38H,2,5,9,14-15,19-20H2,1H3,(H,42,44). The van der Waals surface area contributed by atoms with Gasteiger partial charge in [0.1, 0.15) is 5.82 Å². The van der Waals surface area contributed by atoms with Crippen LogP contribution in [-0.4, -0.2) is 38.0 Å². The van der Waals surface area contributed by atoms with E-state index in [4.69, 9.17) is 16.6 Å². The summed E-state index contributed by atoms with van der Waals surface area (Å²) in [5.74, 6) is -0.402. The van der Waals surface area contributed by atoms with E-state index in [1.807, 2.05) is 36.2 Å². The van der Waals surface area contributed by atoms with Gasteiger partial charge in [-0.3, -0.25) is 19.6 Å². The third-order valence-corrected chi connectivity index (χ3v) is 9.45. The van der Waals surface area contributed by atoms with Gasteiger partial charge in [0.05, 0.1) is 45.5 Å². The molecule has 45 heavy (non-hydrogen) atoms. The monoisotopic (exact) mass is 622 g/mol. The average Bonchev–Trinajstić information content (AvgIpc) is 3.87. The molecule has 10 heteroatoms. The summed E-state index contributed by atoms with van der Waals surface area (Å²) in [5, 5.41) is 11.6. The number of benzene rings is 2. The number of halogens is 2. The maximum Gasteiger partial charge on any atom is 0.272 e. The van der Waals surface area contributed by atoms with Crippen LogP contribution in [0.15, 0.2) is 77.9 Å². The van der Waals surface area contributed by atoms with Crippen molar-refractivity contribution < 1.29 is 9.18 Å². The van der Waals surface area contributed by atoms with E-state index in [9.17, 15) is 14.0 Å². The lowest BCUT2D eigenvalue weighted by Crippen LogP contribution is -2.43. The summed E-state index contributed by atoms with van der Waals surface area (Å²) in [5.41, 5.74) is 4.25. The Balaban J connectivity index is 1.28. The van der Waals surface area contributed by atoms with E-state index < -0.39 is 11.2 Å². The van der Waals surface area contributed by atoms with Crippen molar-refractivity contribution in [1.29, 1.82) is 0 Å². The van der Waals surface area contributed by atoms with E-state index in [1.165, 1.54) is 6.07 Å². The first kappa shape index (κ1) is 29.3. The number of hydrogen-bond donors (Lipinski definition) is 2. The third kappa shape index (κ3) is 5.30. The summed E-state index contributed by atoms with van der Waals surface area (Å²) < 4.78 is 14.6. The molecule has 2 N–H and O–H groups in total. The van der Waals surface area contributed by atoms with Crippen molar-refractivity contribution in [2.75, 3.05) is 7.05 Å². The molecule has 0 spiro atoms. The molecule has 1 fully saturated rings. The molecular formula is C35H32ClFN6O2. The van der Waals surface area contributed by atoms with Crippen LogP contribution in [0, 0.1) is 5.82 Å². The zero-order valence-electron chi connectivity index (χ0n) is 24.8. The number of pyridine rings is 2. The maximum absolute atomic E-state index is 14.8. The van der Waals surface area contributed by atoms with Gasteiger partial charge in [0.2, 0.25) is 5.91 Å². The molecule has 1 saturated carbocycles. The van der Waals surface area contributed by atoms with Gasteiger partial charge >= 0.3 is 0 Å². The Kier molecular flexibility index (Phi) is 7.67. The van der Waals surface area contributed by atoms with Crippen LogP contribution < -0.4 is 10.9 Å². The number of rotatable bonds is 8. The smallest absolute Gasteiger partial charge is 0.272 e. The zero-order chi connectivity index (χ0) is 31.1. The topological polar surface area (TPSA) is 104 Å². The summed E-state index contributed by atoms with van der Waals surface area (Å²) in [6.45, 7) is 0.750. The second kappa shape index (κ2) is 11.8. The number of nitrogens with one attached hydrogen (secondary N) is 2. The molecule has 1 unspecified atom stereocenters. The Hall–Kier alpha value is -4.47. The molecule has 2 aliphatic rings. The number of hydrogen-bond acceptors (Lipinski definition) is 6. The largest absolute Gasteiger partial charge is 0.327 e. The Bertz CT molecular complexity index is 1950. The van der Waals surface area contributed by atoms with Crippen molar-refractivity contribution >= 4 is 28.3 Å². The molecule has 0 aliphatic heterocycles. The molecule has 2 aliphatic carbocycles. The van der Waals surface area contributed by atoms with Crippen molar-refractivity contribution in [1.82, 2.24) is 30.4 Å². The molecule has 1 amide bonds. The minimum absolute atomic E-state index is 0.0151. The summed E-state index contributed by atoms with van der Waals surface area (Å²) in [6, 6.07) is 17.7. The van der Waals surface area contributed by atoms with E-state index in [0.29, 0.717) is 46.6 Å². The Morgan fingerprint density at radius 3 is 2.73 bits per heavy atom. The van der Waals surface area contributed by atoms with Gasteiger partial charge in [-0.1, -0.05) is 35.9 Å². The Morgan fingerprint density at radius 2 is 1.98 bits per heavy atom. The summed E-state index contributed by atoms with van der Waals surface area (Å²) in [4.78, 5) is 38.8. The van der Waals surface area contributed by atoms with Gasteiger partial charge in [0.15, 0.2) is 0 Å². The molecular weight excluding hydrogens is 591 g/mol. The van der Waals surface area contributed by atoms with E-state index >= 15 is 0 Å². The summed E-state index contributed by atoms with van der Waals surface area (Å²) >= 11 is 6.31. The van der Waals surface area contributed by atoms with Crippen LogP contribution in [-0.2, 0) is 29.7 Å². The SMILES string of the molecule is CNCc1n[nH]c(=O)c2ccc(C3(C(=O)N(Cc4ccc(-c5c(F)cccc5Cl)cn4)C4CCCc5cccnc54)CC3)cc12. The predicted octanol–water partition coefficient (Wildman–Crippen LogP) is 6.03. The normalized spacial score (nSPS) is 16.7. The third-order valence-electron chi connectivity index (χ3n) is 9.13. The van der Waals surface area contributed by atoms with E-state index in [2.05, 4.69) is 26.6 Å². The maximum atomic E-state index is 14.8. The minimum atomic E-state index is -0.721. The lowest BCUT2D eigenvalue weighted by Gasteiger charge is -2.37. The van der Waals surface area contributed by atoms with Crippen molar-refractivity contribution in [3.63, 3.8) is 0 Å². The summed E-state index contributed by atoms with van der Waals surface area (Å²) in [6.07, 6.45) is 7.45. The van der Waals surface area contributed by atoms with Gasteiger partial charge in [-0.25, -0.2) is 9.49 Å². The lowest BCUT2D eigenvalue weighted by atomic mass is 9.87. The molecule has 5 aromatic rings. The number of aromatic nitrogens is 4. The second-order valence-electron chi connectivity index (χ2n) is 11.9. The van der Waals surface area contributed by atoms with Crippen LogP contribution in [0.5, 0.6) is 0 Å². The number of carbonyl (C=O) groups excluding carboxylic acids is 1. The van der Waals surface area contributed by atoms with Crippen LogP contribution in [0.25, 0.3) is 21.9 Å². The fourth-order valence-corrected chi connectivity index (χ4v) is 6.94. The molecule has 0 radical (unpaired) electrons. The van der Waals surface area contributed by atoms with Gasteiger partial charge < -0.3 is 10.2 Å². The number of fused-ring (bicyclic) bond motifs is 2. The fraction of sp³-hybridized carbons (Fsp3) is 0.286. The van der Waals surface area contributed by atoms with Gasteiger partial charge in [0, 0.05) is 35.5 Å². The second-order valence-corrected chi connectivity index (χ2v) is 12.3. The Labute approximate surface area is 264 Å². The van der Waals surface area contributed by atoms with Crippen LogP contribution >= 0.6 is 11.6 Å². The number of carbonyl (C=O) groups is 1. The van der Waals surface area contributed by atoms with Crippen molar-refractivity contribution in [2.45, 2.75) is 56.7 Å². The first-order chi connectivity index (χ1) is 21.9. The quantitative estimate of drug-likeness (QED) is 0.219. The highest BCUT2D eigenvalue weighted by atomic mass is 35.5. The number of amides is 1. The number of nitrogens with zero attached hydrogens (tertiary/aromatic N) is 4. The number of H-pyrrole nitrogens is 1. The first-order valence-corrected chi connectivity index (χ1v) is 15.6. The average molecular weight is 623 g/mol. The molecule has 8 nitrogen and oxygen atoms in total. The van der Waals surface area contributed by atoms with E-state index in [-0.39, 0.29) is 24.1 Å². The van der Waals surface area contributed by atoms with Crippen LogP contribution in [0.1, 0.15) is 59.9 Å². The number of aryl methyl sites for hydroxylation is 1. The Morgan fingerprint density at radius 1 is 1.11 bits per heavy atom. The fourth-order valence-electron chi connectivity index (χ4n) is 6.67. The molecule has 3 aromatic heterocycles. The molecule has 1 atom stereocenters. The minimum Gasteiger partial charge on any atom is -0.327 e. The zero-order valence-corrected chi connectivity index (χ0v) is 25.6. The molecule has 228 valence electrons. The highest BCUT2D eigenvalue weighted by Gasteiger charge is 2.54. The van der Waals surface area contributed by atoms with E-state index in [1.54, 1.807) is 36.7 Å². The predicted molar refractivity (Wildman–Crippen MR) is 171 cm³/mol. The molecule has 2 aromatic carbocycles. The van der Waals surface area contributed by atoms with Gasteiger partial charge in [0.25, 0.3) is 5.56 Å². The van der Waals surface area contributed by atoms with Crippen molar-refractivity contribution in [3.05, 3.63) is 122 Å². The van der Waals surface area contributed by atoms with Crippen LogP contribution in [0.4, 0.5) is 4.39 Å². The van der Waals surface area contributed by atoms with Crippen molar-refractivity contribution in [3.8, 4) is 11.1 Å². The molecule has 0 bridgehead atoms. The molecule has 3 heterocycles. The van der Waals surface area contributed by atoms with Crippen LogP contribution in [0.2, 0.25) is 5.02 Å². The van der Waals surface area contributed by atoms with Crippen LogP contribution in [0.3, 0.4) is 0 Å². The van der Waals surface area contributed by atoms with Gasteiger partial charge in [-0.05, 0) is 86.7 Å². The first-order valence-electron chi connectivity index (χ1n) is 15.2. The molecule has 0 saturated heterocycles. The highest BCUT2D eigenvalue weighted by molar-refractivity contribution is 6.33. The highest BCUT2D eigenvalue weighted by Crippen LogP contribution is 2.52. The van der Waals surface area contributed by atoms with Gasteiger partial charge in [-0.15, -0.1) is 0 Å².